The molecule has 0 unspecified atom stereocenters. The molecule has 1 saturated carbocycles. The first-order valence-corrected chi connectivity index (χ1v) is 10.2. The van der Waals surface area contributed by atoms with E-state index in [1.54, 1.807) is 12.4 Å². The van der Waals surface area contributed by atoms with Gasteiger partial charge in [-0.2, -0.15) is 0 Å². The fourth-order valence-electron chi connectivity index (χ4n) is 3.92. The third kappa shape index (κ3) is 3.26. The van der Waals surface area contributed by atoms with Gasteiger partial charge in [-0.3, -0.25) is 19.5 Å². The van der Waals surface area contributed by atoms with E-state index >= 15 is 0 Å². The van der Waals surface area contributed by atoms with Crippen LogP contribution in [0.5, 0.6) is 0 Å². The number of nitrogens with one attached hydrogen (secondary N) is 2. The number of pyridine rings is 1. The average Bonchev–Trinajstić information content (AvgIpc) is 3.24. The molecule has 4 rings (SSSR count). The summed E-state index contributed by atoms with van der Waals surface area (Å²) >= 11 is 1.28. The highest BCUT2D eigenvalue weighted by molar-refractivity contribution is 7.14. The Morgan fingerprint density at radius 2 is 2.29 bits per heavy atom. The molecule has 2 N–H and O–H groups in total. The summed E-state index contributed by atoms with van der Waals surface area (Å²) in [7, 11) is 0. The zero-order valence-corrected chi connectivity index (χ0v) is 16.3. The van der Waals surface area contributed by atoms with Crippen LogP contribution in [0.2, 0.25) is 0 Å². The molecule has 2 atom stereocenters. The smallest absolute Gasteiger partial charge is 0.323 e. The van der Waals surface area contributed by atoms with E-state index in [9.17, 15) is 14.4 Å². The first-order valence-electron chi connectivity index (χ1n) is 9.29. The number of carbonyl (C=O) groups excluding carboxylic acids is 3. The van der Waals surface area contributed by atoms with E-state index in [0.29, 0.717) is 17.2 Å². The van der Waals surface area contributed by atoms with Gasteiger partial charge in [-0.25, -0.2) is 9.78 Å². The third-order valence-corrected chi connectivity index (χ3v) is 6.27. The van der Waals surface area contributed by atoms with Gasteiger partial charge in [0.2, 0.25) is 5.91 Å². The van der Waals surface area contributed by atoms with E-state index < -0.39 is 17.5 Å². The van der Waals surface area contributed by atoms with Crippen molar-refractivity contribution < 1.29 is 14.4 Å². The molecule has 4 amide bonds. The minimum atomic E-state index is -0.857. The summed E-state index contributed by atoms with van der Waals surface area (Å²) in [6.07, 6.45) is 6.83. The highest BCUT2D eigenvalue weighted by Crippen LogP contribution is 2.38. The Bertz CT molecular complexity index is 915. The maximum atomic E-state index is 12.9. The third-order valence-electron chi connectivity index (χ3n) is 5.51. The van der Waals surface area contributed by atoms with E-state index in [0.717, 1.165) is 29.7 Å². The maximum Gasteiger partial charge on any atom is 0.325 e. The predicted molar refractivity (Wildman–Crippen MR) is 105 cm³/mol. The molecule has 1 spiro atoms. The van der Waals surface area contributed by atoms with Crippen LogP contribution < -0.4 is 10.6 Å². The molecule has 2 aromatic rings. The molecule has 2 aromatic heterocycles. The maximum absolute atomic E-state index is 12.9. The Balaban J connectivity index is 1.42. The molecule has 2 fully saturated rings. The van der Waals surface area contributed by atoms with Crippen LogP contribution in [0.3, 0.4) is 0 Å². The van der Waals surface area contributed by atoms with Crippen LogP contribution in [0.1, 0.15) is 32.6 Å². The zero-order valence-electron chi connectivity index (χ0n) is 15.5. The number of hydrogen-bond donors (Lipinski definition) is 2. The van der Waals surface area contributed by atoms with Crippen molar-refractivity contribution in [1.29, 1.82) is 0 Å². The van der Waals surface area contributed by atoms with Gasteiger partial charge in [0.05, 0.1) is 5.69 Å². The minimum absolute atomic E-state index is 0.0618. The van der Waals surface area contributed by atoms with Crippen molar-refractivity contribution in [3.05, 3.63) is 29.9 Å². The van der Waals surface area contributed by atoms with Gasteiger partial charge in [0.25, 0.3) is 5.91 Å². The molecule has 9 heteroatoms. The van der Waals surface area contributed by atoms with E-state index in [1.165, 1.54) is 11.3 Å². The second kappa shape index (κ2) is 7.31. The predicted octanol–water partition coefficient (Wildman–Crippen LogP) is 2.64. The standard InChI is InChI=1S/C19H21N5O3S/c1-12-5-2-3-7-19(12)16(26)24(18(27)23-19)10-15(25)22-17-21-14(11-28-17)13-6-4-8-20-9-13/h4,6,8-9,11-12H,2-3,5,7,10H2,1H3,(H,23,27)(H,21,22,25)/t12-,19+/m1/s1. The van der Waals surface area contributed by atoms with Crippen molar-refractivity contribution in [3.63, 3.8) is 0 Å². The number of nitrogens with zero attached hydrogens (tertiary/aromatic N) is 3. The van der Waals surface area contributed by atoms with Crippen LogP contribution in [-0.2, 0) is 9.59 Å². The van der Waals surface area contributed by atoms with Gasteiger partial charge in [0.1, 0.15) is 12.1 Å². The summed E-state index contributed by atoms with van der Waals surface area (Å²) in [5.74, 6) is -0.682. The molecular formula is C19H21N5O3S. The molecule has 0 bridgehead atoms. The van der Waals surface area contributed by atoms with Crippen LogP contribution in [0, 0.1) is 5.92 Å². The summed E-state index contributed by atoms with van der Waals surface area (Å²) in [5.41, 5.74) is 0.699. The van der Waals surface area contributed by atoms with Gasteiger partial charge < -0.3 is 10.6 Å². The molecule has 1 saturated heterocycles. The van der Waals surface area contributed by atoms with Crippen molar-refractivity contribution in [1.82, 2.24) is 20.2 Å². The Morgan fingerprint density at radius 3 is 3.04 bits per heavy atom. The number of amides is 4. The van der Waals surface area contributed by atoms with Gasteiger partial charge >= 0.3 is 6.03 Å². The van der Waals surface area contributed by atoms with Crippen molar-refractivity contribution in [2.75, 3.05) is 11.9 Å². The number of thiazole rings is 1. The van der Waals surface area contributed by atoms with E-state index in [4.69, 9.17) is 0 Å². The summed E-state index contributed by atoms with van der Waals surface area (Å²) in [6.45, 7) is 1.66. The molecule has 2 aliphatic rings. The Kier molecular flexibility index (Phi) is 4.84. The van der Waals surface area contributed by atoms with Crippen molar-refractivity contribution >= 4 is 34.3 Å². The molecule has 8 nitrogen and oxygen atoms in total. The number of aromatic nitrogens is 2. The van der Waals surface area contributed by atoms with E-state index in [1.807, 2.05) is 24.4 Å². The highest BCUT2D eigenvalue weighted by atomic mass is 32.1. The lowest BCUT2D eigenvalue weighted by Crippen LogP contribution is -2.54. The number of imide groups is 1. The Labute approximate surface area is 166 Å². The topological polar surface area (TPSA) is 104 Å². The largest absolute Gasteiger partial charge is 0.325 e. The molecule has 3 heterocycles. The monoisotopic (exact) mass is 399 g/mol. The summed E-state index contributed by atoms with van der Waals surface area (Å²) in [5, 5.41) is 7.76. The quantitative estimate of drug-likeness (QED) is 0.769. The lowest BCUT2D eigenvalue weighted by Gasteiger charge is -2.36. The minimum Gasteiger partial charge on any atom is -0.323 e. The summed E-state index contributed by atoms with van der Waals surface area (Å²) < 4.78 is 0. The van der Waals surface area contributed by atoms with Crippen LogP contribution in [0.25, 0.3) is 11.3 Å². The lowest BCUT2D eigenvalue weighted by molar-refractivity contribution is -0.136. The second-order valence-corrected chi connectivity index (χ2v) is 8.13. The molecule has 28 heavy (non-hydrogen) atoms. The first-order chi connectivity index (χ1) is 13.5. The Morgan fingerprint density at radius 1 is 1.43 bits per heavy atom. The normalized spacial score (nSPS) is 24.5. The SMILES string of the molecule is C[C@@H]1CCCC[C@]12NC(=O)N(CC(=O)Nc1nc(-c3cccnc3)cs1)C2=O. The van der Waals surface area contributed by atoms with E-state index in [2.05, 4.69) is 20.6 Å². The fraction of sp³-hybridized carbons (Fsp3) is 0.421. The average molecular weight is 399 g/mol. The van der Waals surface area contributed by atoms with Gasteiger partial charge in [0.15, 0.2) is 5.13 Å². The van der Waals surface area contributed by atoms with Crippen molar-refractivity contribution in [2.24, 2.45) is 5.92 Å². The molecule has 1 aliphatic carbocycles. The number of anilines is 1. The highest BCUT2D eigenvalue weighted by Gasteiger charge is 2.55. The summed E-state index contributed by atoms with van der Waals surface area (Å²) in [6, 6.07) is 3.20. The second-order valence-electron chi connectivity index (χ2n) is 7.27. The van der Waals surface area contributed by atoms with Crippen LogP contribution in [0.4, 0.5) is 9.93 Å². The van der Waals surface area contributed by atoms with Gasteiger partial charge in [-0.15, -0.1) is 11.3 Å². The molecule has 1 aliphatic heterocycles. The van der Waals surface area contributed by atoms with Crippen molar-refractivity contribution in [2.45, 2.75) is 38.1 Å². The molecule has 0 aromatic carbocycles. The Hall–Kier alpha value is -2.81. The van der Waals surface area contributed by atoms with Gasteiger partial charge in [-0.05, 0) is 30.9 Å². The van der Waals surface area contributed by atoms with Crippen LogP contribution in [-0.4, -0.2) is 44.8 Å². The number of hydrogen-bond acceptors (Lipinski definition) is 6. The van der Waals surface area contributed by atoms with Crippen LogP contribution in [0.15, 0.2) is 29.9 Å². The number of urea groups is 1. The molecule has 0 radical (unpaired) electrons. The lowest BCUT2D eigenvalue weighted by atomic mass is 9.73. The zero-order chi connectivity index (χ0) is 19.7. The number of carbonyl (C=O) groups is 3. The van der Waals surface area contributed by atoms with Gasteiger partial charge in [0, 0.05) is 23.3 Å². The number of rotatable bonds is 4. The first kappa shape index (κ1) is 18.5. The van der Waals surface area contributed by atoms with Crippen LogP contribution >= 0.6 is 11.3 Å². The summed E-state index contributed by atoms with van der Waals surface area (Å²) in [4.78, 5) is 47.2. The molecule has 146 valence electrons. The fourth-order valence-corrected chi connectivity index (χ4v) is 4.66. The van der Waals surface area contributed by atoms with Gasteiger partial charge in [-0.1, -0.05) is 19.8 Å². The molecular weight excluding hydrogens is 378 g/mol. The van der Waals surface area contributed by atoms with Crippen molar-refractivity contribution in [3.8, 4) is 11.3 Å². The van der Waals surface area contributed by atoms with E-state index in [-0.39, 0.29) is 18.4 Å².